The molecule has 0 amide bonds. The van der Waals surface area contributed by atoms with Crippen molar-refractivity contribution in [3.63, 3.8) is 0 Å². The first-order chi connectivity index (χ1) is 13.1. The maximum Gasteiger partial charge on any atom is 0.157 e. The second-order valence-electron chi connectivity index (χ2n) is 5.84. The van der Waals surface area contributed by atoms with Gasteiger partial charge in [-0.15, -0.1) is 0 Å². The van der Waals surface area contributed by atoms with E-state index in [2.05, 4.69) is 6.07 Å². The van der Waals surface area contributed by atoms with Gasteiger partial charge in [-0.25, -0.2) is 4.39 Å². The molecule has 4 rings (SSSR count). The van der Waals surface area contributed by atoms with Gasteiger partial charge in [0.2, 0.25) is 0 Å². The van der Waals surface area contributed by atoms with Gasteiger partial charge in [0.1, 0.15) is 17.7 Å². The highest BCUT2D eigenvalue weighted by Gasteiger charge is 2.30. The number of halogens is 1. The molecule has 0 aliphatic carbocycles. The van der Waals surface area contributed by atoms with Gasteiger partial charge < -0.3 is 0 Å². The van der Waals surface area contributed by atoms with Crippen LogP contribution in [0, 0.1) is 35.4 Å². The maximum absolute atomic E-state index is 15.2. The molecule has 2 nitrogen and oxygen atoms in total. The van der Waals surface area contributed by atoms with Crippen molar-refractivity contribution in [2.75, 3.05) is 0 Å². The zero-order valence-electron chi connectivity index (χ0n) is 14.1. The summed E-state index contributed by atoms with van der Waals surface area (Å²) in [6, 6.07) is 19.5. The molecule has 3 aromatic carbocycles. The predicted molar refractivity (Wildman–Crippen MR) is 106 cm³/mol. The standard InChI is InChI=1S/C21H11FN2S3/c1-12-7-8-16-17(9-12)27-21-19(26-16)15(11-24)14(10-23)18(22)20(21)25-13-5-3-2-4-6-13/h2-9H,1H3. The highest BCUT2D eigenvalue weighted by Crippen LogP contribution is 2.55. The molecule has 0 atom stereocenters. The Morgan fingerprint density at radius 2 is 1.59 bits per heavy atom. The lowest BCUT2D eigenvalue weighted by Crippen LogP contribution is -2.02. The van der Waals surface area contributed by atoms with Crippen LogP contribution in [0.5, 0.6) is 0 Å². The molecular weight excluding hydrogens is 395 g/mol. The van der Waals surface area contributed by atoms with Gasteiger partial charge in [0, 0.05) is 24.5 Å². The van der Waals surface area contributed by atoms with Crippen LogP contribution in [0.3, 0.4) is 0 Å². The molecular formula is C21H11FN2S3. The quantitative estimate of drug-likeness (QED) is 0.373. The van der Waals surface area contributed by atoms with E-state index in [9.17, 15) is 10.5 Å². The van der Waals surface area contributed by atoms with Gasteiger partial charge >= 0.3 is 0 Å². The SMILES string of the molecule is Cc1ccc2c(c1)Sc1c(Sc3ccccc3)c(F)c(C#N)c(C#N)c1S2. The number of nitriles is 2. The molecule has 6 heteroatoms. The molecule has 3 aromatic rings. The molecule has 0 bridgehead atoms. The van der Waals surface area contributed by atoms with E-state index in [1.165, 1.54) is 35.3 Å². The third-order valence-electron chi connectivity index (χ3n) is 4.02. The normalized spacial score (nSPS) is 11.9. The number of benzene rings is 3. The van der Waals surface area contributed by atoms with Crippen molar-refractivity contribution >= 4 is 35.3 Å². The predicted octanol–water partition coefficient (Wildman–Crippen LogP) is 6.64. The van der Waals surface area contributed by atoms with Crippen LogP contribution in [-0.2, 0) is 0 Å². The molecule has 27 heavy (non-hydrogen) atoms. The molecule has 1 aliphatic rings. The summed E-state index contributed by atoms with van der Waals surface area (Å²) >= 11 is 4.18. The van der Waals surface area contributed by atoms with Crippen molar-refractivity contribution in [2.45, 2.75) is 36.3 Å². The van der Waals surface area contributed by atoms with Crippen molar-refractivity contribution in [3.8, 4) is 12.1 Å². The Labute approximate surface area is 169 Å². The second-order valence-corrected chi connectivity index (χ2v) is 9.03. The Morgan fingerprint density at radius 3 is 2.30 bits per heavy atom. The van der Waals surface area contributed by atoms with Crippen molar-refractivity contribution in [1.29, 1.82) is 10.5 Å². The maximum atomic E-state index is 15.2. The van der Waals surface area contributed by atoms with Crippen molar-refractivity contribution in [1.82, 2.24) is 0 Å². The summed E-state index contributed by atoms with van der Waals surface area (Å²) < 4.78 is 15.2. The fraction of sp³-hybridized carbons (Fsp3) is 0.0476. The lowest BCUT2D eigenvalue weighted by Gasteiger charge is -2.23. The topological polar surface area (TPSA) is 47.6 Å². The van der Waals surface area contributed by atoms with Crippen LogP contribution in [0.15, 0.2) is 77.9 Å². The van der Waals surface area contributed by atoms with E-state index in [4.69, 9.17) is 0 Å². The van der Waals surface area contributed by atoms with Gasteiger partial charge in [-0.3, -0.25) is 0 Å². The first kappa shape index (κ1) is 18.0. The van der Waals surface area contributed by atoms with Crippen LogP contribution in [0.2, 0.25) is 0 Å². The van der Waals surface area contributed by atoms with Gasteiger partial charge in [0.05, 0.1) is 10.5 Å². The minimum atomic E-state index is -0.620. The van der Waals surface area contributed by atoms with Crippen LogP contribution >= 0.6 is 35.3 Å². The van der Waals surface area contributed by atoms with Gasteiger partial charge in [-0.2, -0.15) is 10.5 Å². The molecule has 0 N–H and O–H groups in total. The third kappa shape index (κ3) is 3.21. The fourth-order valence-corrected chi connectivity index (χ4v) is 6.45. The van der Waals surface area contributed by atoms with Gasteiger partial charge in [-0.1, -0.05) is 59.6 Å². The zero-order chi connectivity index (χ0) is 19.0. The van der Waals surface area contributed by atoms with Crippen molar-refractivity contribution in [2.24, 2.45) is 0 Å². The highest BCUT2D eigenvalue weighted by molar-refractivity contribution is 8.06. The molecule has 0 saturated carbocycles. The fourth-order valence-electron chi connectivity index (χ4n) is 2.75. The molecule has 0 spiro atoms. The number of hydrogen-bond donors (Lipinski definition) is 0. The van der Waals surface area contributed by atoms with Crippen molar-refractivity contribution in [3.05, 3.63) is 71.0 Å². The van der Waals surface area contributed by atoms with Gasteiger partial charge in [0.25, 0.3) is 0 Å². The molecule has 0 fully saturated rings. The average molecular weight is 407 g/mol. The van der Waals surface area contributed by atoms with Gasteiger partial charge in [0.15, 0.2) is 5.82 Å². The van der Waals surface area contributed by atoms with E-state index in [-0.39, 0.29) is 11.1 Å². The summed E-state index contributed by atoms with van der Waals surface area (Å²) in [7, 11) is 0. The van der Waals surface area contributed by atoms with Crippen LogP contribution in [0.4, 0.5) is 4.39 Å². The van der Waals surface area contributed by atoms with Gasteiger partial charge in [-0.05, 0) is 36.8 Å². The second kappa shape index (κ2) is 7.32. The summed E-state index contributed by atoms with van der Waals surface area (Å²) in [5.41, 5.74) is 1.06. The molecule has 0 aromatic heterocycles. The molecule has 1 aliphatic heterocycles. The Bertz CT molecular complexity index is 1150. The number of hydrogen-bond acceptors (Lipinski definition) is 5. The first-order valence-electron chi connectivity index (χ1n) is 8.01. The number of rotatable bonds is 2. The molecule has 1 heterocycles. The smallest absolute Gasteiger partial charge is 0.157 e. The van der Waals surface area contributed by atoms with E-state index in [1.54, 1.807) is 0 Å². The van der Waals surface area contributed by atoms with E-state index >= 15 is 4.39 Å². The molecule has 0 saturated heterocycles. The number of nitrogens with zero attached hydrogens (tertiary/aromatic N) is 2. The first-order valence-corrected chi connectivity index (χ1v) is 10.5. The summed E-state index contributed by atoms with van der Waals surface area (Å²) in [4.78, 5) is 4.70. The highest BCUT2D eigenvalue weighted by atomic mass is 32.2. The Hall–Kier alpha value is -2.38. The Kier molecular flexibility index (Phi) is 4.88. The monoisotopic (exact) mass is 406 g/mol. The lowest BCUT2D eigenvalue weighted by atomic mass is 10.1. The van der Waals surface area contributed by atoms with E-state index in [0.29, 0.717) is 14.7 Å². The van der Waals surface area contributed by atoms with E-state index in [0.717, 1.165) is 20.2 Å². The lowest BCUT2D eigenvalue weighted by molar-refractivity contribution is 0.585. The minimum Gasteiger partial charge on any atom is -0.204 e. The number of aryl methyl sites for hydroxylation is 1. The Balaban J connectivity index is 1.95. The summed E-state index contributed by atoms with van der Waals surface area (Å²) in [6.07, 6.45) is 0. The summed E-state index contributed by atoms with van der Waals surface area (Å²) in [5.74, 6) is -0.620. The van der Waals surface area contributed by atoms with E-state index < -0.39 is 5.82 Å². The number of fused-ring (bicyclic) bond motifs is 2. The van der Waals surface area contributed by atoms with Crippen molar-refractivity contribution < 1.29 is 4.39 Å². The summed E-state index contributed by atoms with van der Waals surface area (Å²) in [5, 5.41) is 19.1. The molecule has 0 unspecified atom stereocenters. The average Bonchev–Trinajstić information content (AvgIpc) is 2.69. The van der Waals surface area contributed by atoms with Crippen LogP contribution in [-0.4, -0.2) is 0 Å². The zero-order valence-corrected chi connectivity index (χ0v) is 16.6. The van der Waals surface area contributed by atoms with E-state index in [1.807, 2.05) is 61.5 Å². The van der Waals surface area contributed by atoms with Crippen LogP contribution in [0.1, 0.15) is 16.7 Å². The van der Waals surface area contributed by atoms with Crippen LogP contribution < -0.4 is 0 Å². The third-order valence-corrected chi connectivity index (χ3v) is 7.86. The largest absolute Gasteiger partial charge is 0.204 e. The Morgan fingerprint density at radius 1 is 0.889 bits per heavy atom. The molecule has 0 radical (unpaired) electrons. The minimum absolute atomic E-state index is 0.117. The molecule has 130 valence electrons. The van der Waals surface area contributed by atoms with Crippen LogP contribution in [0.25, 0.3) is 0 Å². The summed E-state index contributed by atoms with van der Waals surface area (Å²) in [6.45, 7) is 2.01.